The average molecular weight is 328 g/mol. The average Bonchev–Trinajstić information content (AvgIpc) is 3.04. The second kappa shape index (κ2) is 8.77. The SMILES string of the molecule is CCN(CC)C(=O)[C@@H]1CSCN1C(=O)CC[C@@H]1CCCCO1. The Bertz CT molecular complexity index is 382. The second-order valence-corrected chi connectivity index (χ2v) is 6.92. The highest BCUT2D eigenvalue weighted by Crippen LogP contribution is 2.25. The summed E-state index contributed by atoms with van der Waals surface area (Å²) in [6, 6.07) is -0.273. The molecule has 0 aromatic carbocycles. The number of rotatable bonds is 6. The Morgan fingerprint density at radius 1 is 1.27 bits per heavy atom. The summed E-state index contributed by atoms with van der Waals surface area (Å²) in [5.74, 6) is 1.56. The first-order valence-corrected chi connectivity index (χ1v) is 9.60. The van der Waals surface area contributed by atoms with Crippen molar-refractivity contribution < 1.29 is 14.3 Å². The standard InChI is InChI=1S/C16H28N2O3S/c1-3-17(4-2)16(20)14-11-22-12-18(14)15(19)9-8-13-7-5-6-10-21-13/h13-14H,3-12H2,1-2H3/t13-,14-/m0/s1. The highest BCUT2D eigenvalue weighted by Gasteiger charge is 2.36. The highest BCUT2D eigenvalue weighted by atomic mass is 32.2. The van der Waals surface area contributed by atoms with Crippen molar-refractivity contribution in [3.05, 3.63) is 0 Å². The number of hydrogen-bond acceptors (Lipinski definition) is 4. The van der Waals surface area contributed by atoms with Crippen LogP contribution >= 0.6 is 11.8 Å². The molecular weight excluding hydrogens is 300 g/mol. The van der Waals surface area contributed by atoms with Gasteiger partial charge in [0.15, 0.2) is 0 Å². The molecular formula is C16H28N2O3S. The molecule has 2 aliphatic heterocycles. The molecule has 0 N–H and O–H groups in total. The van der Waals surface area contributed by atoms with Gasteiger partial charge in [-0.2, -0.15) is 0 Å². The molecule has 5 nitrogen and oxygen atoms in total. The van der Waals surface area contributed by atoms with E-state index < -0.39 is 0 Å². The molecule has 0 spiro atoms. The van der Waals surface area contributed by atoms with Crippen molar-refractivity contribution in [2.45, 2.75) is 58.1 Å². The molecule has 0 aromatic rings. The summed E-state index contributed by atoms with van der Waals surface area (Å²) in [5.41, 5.74) is 0. The first-order chi connectivity index (χ1) is 10.7. The van der Waals surface area contributed by atoms with Gasteiger partial charge in [-0.3, -0.25) is 9.59 Å². The summed E-state index contributed by atoms with van der Waals surface area (Å²) in [6.07, 6.45) is 4.89. The maximum atomic E-state index is 12.5. The van der Waals surface area contributed by atoms with Crippen LogP contribution in [0.2, 0.25) is 0 Å². The van der Waals surface area contributed by atoms with Gasteiger partial charge in [0.1, 0.15) is 6.04 Å². The molecule has 2 amide bonds. The molecule has 2 atom stereocenters. The van der Waals surface area contributed by atoms with E-state index in [9.17, 15) is 9.59 Å². The first kappa shape index (κ1) is 17.6. The monoisotopic (exact) mass is 328 g/mol. The molecule has 2 rings (SSSR count). The van der Waals surface area contributed by atoms with Crippen molar-refractivity contribution in [2.24, 2.45) is 0 Å². The van der Waals surface area contributed by atoms with Gasteiger partial charge in [0.05, 0.1) is 12.0 Å². The third-order valence-electron chi connectivity index (χ3n) is 4.52. The van der Waals surface area contributed by atoms with Gasteiger partial charge >= 0.3 is 0 Å². The zero-order chi connectivity index (χ0) is 15.9. The van der Waals surface area contributed by atoms with Crippen LogP contribution in [0.1, 0.15) is 46.0 Å². The Morgan fingerprint density at radius 2 is 2.05 bits per heavy atom. The topological polar surface area (TPSA) is 49.9 Å². The van der Waals surface area contributed by atoms with Crippen LogP contribution in [0.3, 0.4) is 0 Å². The van der Waals surface area contributed by atoms with Crippen LogP contribution in [0.15, 0.2) is 0 Å². The summed E-state index contributed by atoms with van der Waals surface area (Å²) in [6.45, 7) is 6.19. The predicted molar refractivity (Wildman–Crippen MR) is 88.7 cm³/mol. The van der Waals surface area contributed by atoms with Gasteiger partial charge in [0, 0.05) is 31.9 Å². The number of amides is 2. The van der Waals surface area contributed by atoms with Gasteiger partial charge in [-0.25, -0.2) is 0 Å². The molecule has 0 aliphatic carbocycles. The van der Waals surface area contributed by atoms with E-state index in [2.05, 4.69) is 0 Å². The maximum Gasteiger partial charge on any atom is 0.246 e. The first-order valence-electron chi connectivity index (χ1n) is 8.45. The van der Waals surface area contributed by atoms with E-state index in [0.717, 1.165) is 31.6 Å². The van der Waals surface area contributed by atoms with E-state index in [1.54, 1.807) is 16.7 Å². The molecule has 0 unspecified atom stereocenters. The van der Waals surface area contributed by atoms with Crippen LogP contribution in [-0.2, 0) is 14.3 Å². The van der Waals surface area contributed by atoms with E-state index in [1.807, 2.05) is 18.7 Å². The summed E-state index contributed by atoms with van der Waals surface area (Å²) in [7, 11) is 0. The number of hydrogen-bond donors (Lipinski definition) is 0. The van der Waals surface area contributed by atoms with Crippen LogP contribution < -0.4 is 0 Å². The molecule has 2 heterocycles. The smallest absolute Gasteiger partial charge is 0.246 e. The Balaban J connectivity index is 1.86. The summed E-state index contributed by atoms with van der Waals surface area (Å²) in [5, 5.41) is 0. The van der Waals surface area contributed by atoms with Crippen molar-refractivity contribution in [1.82, 2.24) is 9.80 Å². The third-order valence-corrected chi connectivity index (χ3v) is 5.53. The quantitative estimate of drug-likeness (QED) is 0.749. The molecule has 2 fully saturated rings. The fraction of sp³-hybridized carbons (Fsp3) is 0.875. The van der Waals surface area contributed by atoms with E-state index in [1.165, 1.54) is 6.42 Å². The van der Waals surface area contributed by atoms with E-state index in [4.69, 9.17) is 4.74 Å². The zero-order valence-electron chi connectivity index (χ0n) is 13.8. The zero-order valence-corrected chi connectivity index (χ0v) is 14.6. The van der Waals surface area contributed by atoms with E-state index >= 15 is 0 Å². The van der Waals surface area contributed by atoms with Gasteiger partial charge in [0.25, 0.3) is 0 Å². The number of thioether (sulfide) groups is 1. The number of likely N-dealkylation sites (N-methyl/N-ethyl adjacent to an activating group) is 1. The van der Waals surface area contributed by atoms with Gasteiger partial charge in [-0.15, -0.1) is 11.8 Å². The summed E-state index contributed by atoms with van der Waals surface area (Å²) < 4.78 is 5.69. The van der Waals surface area contributed by atoms with Gasteiger partial charge < -0.3 is 14.5 Å². The van der Waals surface area contributed by atoms with E-state index in [-0.39, 0.29) is 24.0 Å². The fourth-order valence-corrected chi connectivity index (χ4v) is 4.27. The number of ether oxygens (including phenoxy) is 1. The Kier molecular flexibility index (Phi) is 7.02. The van der Waals surface area contributed by atoms with Crippen molar-refractivity contribution in [3.63, 3.8) is 0 Å². The second-order valence-electron chi connectivity index (χ2n) is 5.92. The number of nitrogens with zero attached hydrogens (tertiary/aromatic N) is 2. The van der Waals surface area contributed by atoms with Crippen molar-refractivity contribution >= 4 is 23.6 Å². The Morgan fingerprint density at radius 3 is 2.68 bits per heavy atom. The lowest BCUT2D eigenvalue weighted by atomic mass is 10.0. The maximum absolute atomic E-state index is 12.5. The van der Waals surface area contributed by atoms with Gasteiger partial charge in [-0.1, -0.05) is 0 Å². The summed E-state index contributed by atoms with van der Waals surface area (Å²) in [4.78, 5) is 28.6. The van der Waals surface area contributed by atoms with Crippen LogP contribution in [-0.4, -0.2) is 65.1 Å². The predicted octanol–water partition coefficient (Wildman–Crippen LogP) is 2.11. The fourth-order valence-electron chi connectivity index (χ4n) is 3.10. The largest absolute Gasteiger partial charge is 0.378 e. The number of carbonyl (C=O) groups excluding carboxylic acids is 2. The van der Waals surface area contributed by atoms with Crippen LogP contribution in [0, 0.1) is 0 Å². The lowest BCUT2D eigenvalue weighted by molar-refractivity contribution is -0.143. The minimum absolute atomic E-state index is 0.0947. The third kappa shape index (κ3) is 4.38. The molecule has 22 heavy (non-hydrogen) atoms. The van der Waals surface area contributed by atoms with Crippen LogP contribution in [0.5, 0.6) is 0 Å². The lowest BCUT2D eigenvalue weighted by Crippen LogP contribution is -2.49. The highest BCUT2D eigenvalue weighted by molar-refractivity contribution is 7.99. The summed E-state index contributed by atoms with van der Waals surface area (Å²) >= 11 is 1.67. The van der Waals surface area contributed by atoms with Crippen molar-refractivity contribution in [1.29, 1.82) is 0 Å². The van der Waals surface area contributed by atoms with Crippen LogP contribution in [0.4, 0.5) is 0 Å². The van der Waals surface area contributed by atoms with Crippen molar-refractivity contribution in [2.75, 3.05) is 31.3 Å². The number of carbonyl (C=O) groups is 2. The molecule has 6 heteroatoms. The molecule has 0 saturated carbocycles. The Labute approximate surface area is 137 Å². The van der Waals surface area contributed by atoms with Crippen LogP contribution in [0.25, 0.3) is 0 Å². The van der Waals surface area contributed by atoms with Crippen molar-refractivity contribution in [3.8, 4) is 0 Å². The molecule has 0 bridgehead atoms. The minimum atomic E-state index is -0.273. The van der Waals surface area contributed by atoms with Gasteiger partial charge in [-0.05, 0) is 39.5 Å². The van der Waals surface area contributed by atoms with E-state index in [0.29, 0.717) is 25.4 Å². The molecule has 0 radical (unpaired) electrons. The lowest BCUT2D eigenvalue weighted by Gasteiger charge is -2.29. The molecule has 2 aliphatic rings. The molecule has 2 saturated heterocycles. The molecule has 126 valence electrons. The normalized spacial score (nSPS) is 25.3. The molecule has 0 aromatic heterocycles. The van der Waals surface area contributed by atoms with Gasteiger partial charge in [0.2, 0.25) is 11.8 Å². The Hall–Kier alpha value is -0.750. The minimum Gasteiger partial charge on any atom is -0.378 e.